The second kappa shape index (κ2) is 6.08. The van der Waals surface area contributed by atoms with E-state index in [2.05, 4.69) is 24.6 Å². The van der Waals surface area contributed by atoms with Crippen LogP contribution in [0.3, 0.4) is 0 Å². The van der Waals surface area contributed by atoms with Gasteiger partial charge in [-0.1, -0.05) is 32.1 Å². The zero-order chi connectivity index (χ0) is 12.0. The third kappa shape index (κ3) is 2.94. The van der Waals surface area contributed by atoms with Crippen molar-refractivity contribution in [3.8, 4) is 0 Å². The second-order valence-electron chi connectivity index (χ2n) is 3.59. The third-order valence-corrected chi connectivity index (χ3v) is 2.32. The van der Waals surface area contributed by atoms with Gasteiger partial charge in [0.05, 0.1) is 0 Å². The number of aromatic nitrogens is 1. The number of hydrogen-bond donors (Lipinski definition) is 2. The number of hydrogen-bond acceptors (Lipinski definition) is 2. The highest BCUT2D eigenvalue weighted by atomic mass is 16.1. The van der Waals surface area contributed by atoms with E-state index in [1.165, 1.54) is 0 Å². The van der Waals surface area contributed by atoms with Crippen molar-refractivity contribution >= 4 is 12.2 Å². The molecule has 0 saturated carbocycles. The lowest BCUT2D eigenvalue weighted by Crippen LogP contribution is -2.41. The smallest absolute Gasteiger partial charge is 0.256 e. The Balaban J connectivity index is 3.53. The Hall–Kier alpha value is -1.61. The summed E-state index contributed by atoms with van der Waals surface area (Å²) in [5.74, 6) is 0. The van der Waals surface area contributed by atoms with Gasteiger partial charge >= 0.3 is 0 Å². The Labute approximate surface area is 95.0 Å². The van der Waals surface area contributed by atoms with E-state index in [0.717, 1.165) is 23.8 Å². The molecule has 0 aliphatic rings. The van der Waals surface area contributed by atoms with E-state index in [4.69, 9.17) is 5.73 Å². The van der Waals surface area contributed by atoms with Gasteiger partial charge < -0.3 is 10.7 Å². The van der Waals surface area contributed by atoms with Crippen molar-refractivity contribution in [1.29, 1.82) is 0 Å². The van der Waals surface area contributed by atoms with E-state index in [9.17, 15) is 4.79 Å². The van der Waals surface area contributed by atoms with Gasteiger partial charge in [-0.25, -0.2) is 0 Å². The number of H-pyrrole nitrogens is 1. The van der Waals surface area contributed by atoms with Crippen molar-refractivity contribution in [1.82, 2.24) is 4.98 Å². The monoisotopic (exact) mass is 218 g/mol. The van der Waals surface area contributed by atoms with Gasteiger partial charge in [-0.05, 0) is 23.8 Å². The van der Waals surface area contributed by atoms with Gasteiger partial charge in [0, 0.05) is 17.5 Å². The Morgan fingerprint density at radius 1 is 1.56 bits per heavy atom. The molecule has 3 nitrogen and oxygen atoms in total. The van der Waals surface area contributed by atoms with Crippen LogP contribution in [0.25, 0.3) is 12.2 Å². The summed E-state index contributed by atoms with van der Waals surface area (Å²) < 4.78 is 0. The van der Waals surface area contributed by atoms with Gasteiger partial charge in [-0.2, -0.15) is 0 Å². The van der Waals surface area contributed by atoms with Crippen molar-refractivity contribution in [2.45, 2.75) is 26.3 Å². The number of unbranched alkanes of at least 4 members (excludes halogenated alkanes) is 1. The van der Waals surface area contributed by atoms with Gasteiger partial charge in [0.2, 0.25) is 0 Å². The molecule has 0 aliphatic heterocycles. The predicted octanol–water partition coefficient (Wildman–Crippen LogP) is 0.381. The normalized spacial score (nSPS) is 13.1. The SMILES string of the molecule is C=C/C=c1/c(=O)[nH]c(CN)c/c1=C/CCC. The van der Waals surface area contributed by atoms with Crippen LogP contribution in [0, 0.1) is 0 Å². The predicted molar refractivity (Wildman–Crippen MR) is 68.2 cm³/mol. The molecule has 0 aliphatic carbocycles. The van der Waals surface area contributed by atoms with Crippen molar-refractivity contribution in [3.63, 3.8) is 0 Å². The molecular weight excluding hydrogens is 200 g/mol. The zero-order valence-corrected chi connectivity index (χ0v) is 9.62. The molecule has 0 radical (unpaired) electrons. The minimum atomic E-state index is -0.106. The molecule has 0 atom stereocenters. The maximum Gasteiger partial charge on any atom is 0.256 e. The van der Waals surface area contributed by atoms with Crippen LogP contribution >= 0.6 is 0 Å². The molecule has 86 valence electrons. The minimum absolute atomic E-state index is 0.106. The molecule has 0 spiro atoms. The minimum Gasteiger partial charge on any atom is -0.325 e. The highest BCUT2D eigenvalue weighted by Crippen LogP contribution is 1.86. The lowest BCUT2D eigenvalue weighted by atomic mass is 10.2. The summed E-state index contributed by atoms with van der Waals surface area (Å²) in [5.41, 5.74) is 6.18. The Morgan fingerprint density at radius 3 is 2.88 bits per heavy atom. The molecule has 0 fully saturated rings. The average Bonchev–Trinajstić information content (AvgIpc) is 2.29. The maximum atomic E-state index is 11.8. The van der Waals surface area contributed by atoms with Crippen LogP contribution in [0.15, 0.2) is 23.5 Å². The molecular formula is C13H18N2O. The summed E-state index contributed by atoms with van der Waals surface area (Å²) in [6.07, 6.45) is 7.41. The van der Waals surface area contributed by atoms with Crippen LogP contribution in [-0.2, 0) is 6.54 Å². The molecule has 0 saturated heterocycles. The van der Waals surface area contributed by atoms with Crippen molar-refractivity contribution in [2.75, 3.05) is 0 Å². The van der Waals surface area contributed by atoms with E-state index < -0.39 is 0 Å². The lowest BCUT2D eigenvalue weighted by molar-refractivity contribution is 0.953. The highest BCUT2D eigenvalue weighted by molar-refractivity contribution is 5.38. The van der Waals surface area contributed by atoms with Crippen LogP contribution in [0.1, 0.15) is 25.5 Å². The van der Waals surface area contributed by atoms with Gasteiger partial charge in [0.25, 0.3) is 5.56 Å². The number of pyridine rings is 1. The number of nitrogens with two attached hydrogens (primary N) is 1. The molecule has 0 amide bonds. The first-order valence-electron chi connectivity index (χ1n) is 5.48. The Morgan fingerprint density at radius 2 is 2.31 bits per heavy atom. The zero-order valence-electron chi connectivity index (χ0n) is 9.62. The Kier molecular flexibility index (Phi) is 4.73. The lowest BCUT2D eigenvalue weighted by Gasteiger charge is -1.97. The van der Waals surface area contributed by atoms with Crippen LogP contribution in [-0.4, -0.2) is 4.98 Å². The fraction of sp³-hybridized carbons (Fsp3) is 0.308. The summed E-state index contributed by atoms with van der Waals surface area (Å²) in [7, 11) is 0. The standard InChI is InChI=1S/C13H18N2O/c1-3-5-7-10-8-11(9-14)15-13(16)12(10)6-4-2/h4,6-8H,2-3,5,9,14H2,1H3,(H,15,16)/b10-7-,12-6+. The number of rotatable bonds is 4. The summed E-state index contributed by atoms with van der Waals surface area (Å²) in [5, 5.41) is 1.59. The van der Waals surface area contributed by atoms with Gasteiger partial charge in [0.15, 0.2) is 0 Å². The summed E-state index contributed by atoms with van der Waals surface area (Å²) in [4.78, 5) is 14.5. The van der Waals surface area contributed by atoms with Crippen molar-refractivity contribution in [2.24, 2.45) is 5.73 Å². The topological polar surface area (TPSA) is 58.9 Å². The fourth-order valence-electron chi connectivity index (χ4n) is 1.51. The molecule has 0 aromatic carbocycles. The fourth-order valence-corrected chi connectivity index (χ4v) is 1.51. The van der Waals surface area contributed by atoms with E-state index in [1.807, 2.05) is 6.07 Å². The van der Waals surface area contributed by atoms with E-state index in [0.29, 0.717) is 11.8 Å². The van der Waals surface area contributed by atoms with Gasteiger partial charge in [0.1, 0.15) is 0 Å². The second-order valence-corrected chi connectivity index (χ2v) is 3.59. The molecule has 1 rings (SSSR count). The molecule has 0 bridgehead atoms. The first kappa shape index (κ1) is 12.5. The maximum absolute atomic E-state index is 11.8. The number of nitrogens with one attached hydrogen (secondary N) is 1. The molecule has 0 unspecified atom stereocenters. The number of allylic oxidation sites excluding steroid dienone is 1. The molecule has 3 N–H and O–H groups in total. The van der Waals surface area contributed by atoms with E-state index in [1.54, 1.807) is 12.2 Å². The van der Waals surface area contributed by atoms with Gasteiger partial charge in [-0.3, -0.25) is 4.79 Å². The highest BCUT2D eigenvalue weighted by Gasteiger charge is 1.95. The van der Waals surface area contributed by atoms with Crippen molar-refractivity contribution in [3.05, 3.63) is 45.2 Å². The molecule has 1 aromatic rings. The van der Waals surface area contributed by atoms with Crippen LogP contribution in [0.4, 0.5) is 0 Å². The summed E-state index contributed by atoms with van der Waals surface area (Å²) in [6.45, 7) is 6.06. The molecule has 16 heavy (non-hydrogen) atoms. The number of aromatic amines is 1. The molecule has 1 aromatic heterocycles. The van der Waals surface area contributed by atoms with E-state index in [-0.39, 0.29) is 5.56 Å². The van der Waals surface area contributed by atoms with Gasteiger partial charge in [-0.15, -0.1) is 0 Å². The molecule has 1 heterocycles. The Bertz CT molecular complexity index is 526. The summed E-state index contributed by atoms with van der Waals surface area (Å²) in [6, 6.07) is 1.92. The van der Waals surface area contributed by atoms with Crippen LogP contribution < -0.4 is 21.7 Å². The third-order valence-electron chi connectivity index (χ3n) is 2.32. The van der Waals surface area contributed by atoms with Crippen LogP contribution in [0.2, 0.25) is 0 Å². The molecule has 3 heteroatoms. The quantitative estimate of drug-likeness (QED) is 0.767. The van der Waals surface area contributed by atoms with Crippen molar-refractivity contribution < 1.29 is 0 Å². The first-order chi connectivity index (χ1) is 7.72. The first-order valence-corrected chi connectivity index (χ1v) is 5.48. The summed E-state index contributed by atoms with van der Waals surface area (Å²) >= 11 is 0. The van der Waals surface area contributed by atoms with E-state index >= 15 is 0 Å². The van der Waals surface area contributed by atoms with Crippen LogP contribution in [0.5, 0.6) is 0 Å². The largest absolute Gasteiger partial charge is 0.325 e. The average molecular weight is 218 g/mol.